The van der Waals surface area contributed by atoms with Crippen molar-refractivity contribution in [2.45, 2.75) is 26.2 Å². The summed E-state index contributed by atoms with van der Waals surface area (Å²) in [5.41, 5.74) is 0.723. The van der Waals surface area contributed by atoms with E-state index in [4.69, 9.17) is 15.3 Å². The second-order valence-electron chi connectivity index (χ2n) is 6.38. The summed E-state index contributed by atoms with van der Waals surface area (Å²) in [6.45, 7) is 6.36. The van der Waals surface area contributed by atoms with Crippen LogP contribution in [0.25, 0.3) is 0 Å². The van der Waals surface area contributed by atoms with E-state index in [0.29, 0.717) is 0 Å². The zero-order valence-electron chi connectivity index (χ0n) is 15.0. The zero-order valence-corrected chi connectivity index (χ0v) is 15.0. The van der Waals surface area contributed by atoms with Crippen molar-refractivity contribution in [2.24, 2.45) is 0 Å². The molecule has 0 spiro atoms. The number of aromatic hydroxyl groups is 2. The van der Waals surface area contributed by atoms with E-state index in [1.807, 2.05) is 20.8 Å². The zero-order chi connectivity index (χ0) is 20.6. The van der Waals surface area contributed by atoms with Gasteiger partial charge in [0, 0.05) is 6.07 Å². The van der Waals surface area contributed by atoms with E-state index in [2.05, 4.69) is 9.47 Å². The van der Waals surface area contributed by atoms with Gasteiger partial charge in [-0.15, -0.1) is 0 Å². The van der Waals surface area contributed by atoms with Gasteiger partial charge in [-0.25, -0.2) is 4.79 Å². The molecule has 0 aliphatic rings. The van der Waals surface area contributed by atoms with E-state index < -0.39 is 5.97 Å². The molecule has 2 rings (SSSR count). The molecule has 2 aromatic rings. The van der Waals surface area contributed by atoms with E-state index in [9.17, 15) is 14.4 Å². The van der Waals surface area contributed by atoms with Crippen LogP contribution in [-0.2, 0) is 15.0 Å². The minimum atomic E-state index is -1.04. The molecule has 0 atom stereocenters. The Hall–Kier alpha value is -3.55. The van der Waals surface area contributed by atoms with Crippen LogP contribution < -0.4 is 9.47 Å². The van der Waals surface area contributed by atoms with Crippen LogP contribution in [0, 0.1) is 0 Å². The van der Waals surface area contributed by atoms with Crippen LogP contribution in [0.3, 0.4) is 0 Å². The van der Waals surface area contributed by atoms with Gasteiger partial charge in [0.2, 0.25) is 0 Å². The number of carbonyl (C=O) groups is 3. The summed E-state index contributed by atoms with van der Waals surface area (Å²) in [7, 11) is 0. The Kier molecular flexibility index (Phi) is 7.35. The summed E-state index contributed by atoms with van der Waals surface area (Å²) < 4.78 is 9.04. The number of carboxylic acid groups (broad SMARTS) is 1. The van der Waals surface area contributed by atoms with Gasteiger partial charge in [-0.3, -0.25) is 9.59 Å². The third-order valence-corrected chi connectivity index (χ3v) is 3.32. The van der Waals surface area contributed by atoms with E-state index >= 15 is 0 Å². The van der Waals surface area contributed by atoms with Gasteiger partial charge in [-0.1, -0.05) is 20.8 Å². The summed E-state index contributed by atoms with van der Waals surface area (Å²) in [6, 6.07) is 8.25. The Balaban J connectivity index is 0.000000289. The van der Waals surface area contributed by atoms with E-state index in [0.717, 1.165) is 11.6 Å². The molecule has 0 aliphatic heterocycles. The maximum absolute atomic E-state index is 10.9. The van der Waals surface area contributed by atoms with Gasteiger partial charge in [-0.05, 0) is 41.3 Å². The fourth-order valence-electron chi connectivity index (χ4n) is 1.94. The molecule has 0 heterocycles. The van der Waals surface area contributed by atoms with Gasteiger partial charge in [0.05, 0.1) is 5.56 Å². The van der Waals surface area contributed by atoms with Crippen LogP contribution in [0.5, 0.6) is 23.0 Å². The number of ether oxygens (including phenoxy) is 2. The van der Waals surface area contributed by atoms with Gasteiger partial charge < -0.3 is 24.8 Å². The number of carbonyl (C=O) groups excluding carboxylic acids is 2. The van der Waals surface area contributed by atoms with Crippen molar-refractivity contribution in [3.63, 3.8) is 0 Å². The van der Waals surface area contributed by atoms with Crippen LogP contribution in [0.1, 0.15) is 36.7 Å². The van der Waals surface area contributed by atoms with Crippen LogP contribution >= 0.6 is 0 Å². The van der Waals surface area contributed by atoms with Crippen LogP contribution in [0.15, 0.2) is 36.4 Å². The summed E-state index contributed by atoms with van der Waals surface area (Å²) >= 11 is 0. The first-order valence-corrected chi connectivity index (χ1v) is 7.70. The summed E-state index contributed by atoms with van der Waals surface area (Å²) in [5.74, 6) is -1.11. The highest BCUT2D eigenvalue weighted by Gasteiger charge is 2.17. The maximum Gasteiger partial charge on any atom is 0.335 e. The third kappa shape index (κ3) is 6.69. The number of carboxylic acids is 1. The highest BCUT2D eigenvalue weighted by molar-refractivity contribution is 5.88. The van der Waals surface area contributed by atoms with Crippen molar-refractivity contribution in [2.75, 3.05) is 0 Å². The SMILES string of the molecule is CC(C)(C)c1cc(OC=O)cc(C(=O)O)c1.O=COc1ccc(O)cc1O. The second-order valence-corrected chi connectivity index (χ2v) is 6.38. The molecule has 2 aromatic carbocycles. The number of aromatic carboxylic acids is 1. The molecule has 144 valence electrons. The highest BCUT2D eigenvalue weighted by atomic mass is 16.5. The number of phenols is 2. The third-order valence-electron chi connectivity index (χ3n) is 3.32. The molecule has 0 radical (unpaired) electrons. The topological polar surface area (TPSA) is 130 Å². The lowest BCUT2D eigenvalue weighted by molar-refractivity contribution is -0.121. The highest BCUT2D eigenvalue weighted by Crippen LogP contribution is 2.29. The molecule has 0 saturated carbocycles. The molecule has 0 amide bonds. The van der Waals surface area contributed by atoms with E-state index in [1.54, 1.807) is 12.1 Å². The lowest BCUT2D eigenvalue weighted by Gasteiger charge is -2.20. The number of benzene rings is 2. The maximum atomic E-state index is 10.9. The first-order chi connectivity index (χ1) is 12.6. The molecular weight excluding hydrogens is 356 g/mol. The molecular formula is C19H20O8. The predicted molar refractivity (Wildman–Crippen MR) is 95.3 cm³/mol. The lowest BCUT2D eigenvalue weighted by atomic mass is 9.86. The first kappa shape index (κ1) is 21.5. The Bertz CT molecular complexity index is 821. The molecule has 0 unspecified atom stereocenters. The smallest absolute Gasteiger partial charge is 0.335 e. The molecule has 0 aliphatic carbocycles. The van der Waals surface area contributed by atoms with Crippen molar-refractivity contribution in [1.82, 2.24) is 0 Å². The van der Waals surface area contributed by atoms with Crippen molar-refractivity contribution in [1.29, 1.82) is 0 Å². The fourth-order valence-corrected chi connectivity index (χ4v) is 1.94. The average molecular weight is 376 g/mol. The van der Waals surface area contributed by atoms with Crippen molar-refractivity contribution in [3.05, 3.63) is 47.5 Å². The fraction of sp³-hybridized carbons (Fsp3) is 0.211. The van der Waals surface area contributed by atoms with Gasteiger partial charge in [0.15, 0.2) is 11.5 Å². The molecule has 3 N–H and O–H groups in total. The van der Waals surface area contributed by atoms with Gasteiger partial charge >= 0.3 is 5.97 Å². The van der Waals surface area contributed by atoms with Crippen molar-refractivity contribution < 1.29 is 39.2 Å². The average Bonchev–Trinajstić information content (AvgIpc) is 2.57. The summed E-state index contributed by atoms with van der Waals surface area (Å²) in [6.07, 6.45) is 0. The molecule has 0 fully saturated rings. The molecule has 0 aromatic heterocycles. The first-order valence-electron chi connectivity index (χ1n) is 7.70. The molecule has 0 bridgehead atoms. The standard InChI is InChI=1S/C12H14O4.C7H6O4/c1-12(2,3)9-4-8(11(14)15)5-10(6-9)16-7-13;8-4-11-7-2-1-5(9)3-6(7)10/h4-7H,1-3H3,(H,14,15);1-4,9-10H. The number of hydrogen-bond donors (Lipinski definition) is 3. The molecule has 8 nitrogen and oxygen atoms in total. The molecule has 0 saturated heterocycles. The number of hydrogen-bond acceptors (Lipinski definition) is 7. The molecule has 8 heteroatoms. The Morgan fingerprint density at radius 2 is 1.59 bits per heavy atom. The van der Waals surface area contributed by atoms with Crippen molar-refractivity contribution in [3.8, 4) is 23.0 Å². The van der Waals surface area contributed by atoms with E-state index in [-0.39, 0.29) is 46.9 Å². The predicted octanol–water partition coefficient (Wildman–Crippen LogP) is 2.85. The summed E-state index contributed by atoms with van der Waals surface area (Å²) in [4.78, 5) is 31.0. The van der Waals surface area contributed by atoms with Crippen molar-refractivity contribution >= 4 is 18.9 Å². The summed E-state index contributed by atoms with van der Waals surface area (Å²) in [5, 5.41) is 26.7. The Morgan fingerprint density at radius 1 is 0.963 bits per heavy atom. The quantitative estimate of drug-likeness (QED) is 0.679. The molecule has 27 heavy (non-hydrogen) atoms. The van der Waals surface area contributed by atoms with Gasteiger partial charge in [-0.2, -0.15) is 0 Å². The largest absolute Gasteiger partial charge is 0.508 e. The van der Waals surface area contributed by atoms with Crippen LogP contribution in [-0.4, -0.2) is 34.2 Å². The number of phenolic OH excluding ortho intramolecular Hbond substituents is 2. The minimum Gasteiger partial charge on any atom is -0.508 e. The van der Waals surface area contributed by atoms with Gasteiger partial charge in [0.25, 0.3) is 12.9 Å². The van der Waals surface area contributed by atoms with E-state index in [1.165, 1.54) is 18.2 Å². The Morgan fingerprint density at radius 3 is 2.07 bits per heavy atom. The van der Waals surface area contributed by atoms with Crippen LogP contribution in [0.2, 0.25) is 0 Å². The lowest BCUT2D eigenvalue weighted by Crippen LogP contribution is -2.13. The minimum absolute atomic E-state index is 0.0257. The monoisotopic (exact) mass is 376 g/mol. The second kappa shape index (κ2) is 9.23. The Labute approximate surface area is 155 Å². The van der Waals surface area contributed by atoms with Gasteiger partial charge in [0.1, 0.15) is 11.5 Å². The number of rotatable bonds is 5. The van der Waals surface area contributed by atoms with Crippen LogP contribution in [0.4, 0.5) is 0 Å². The normalized spacial score (nSPS) is 10.2.